The van der Waals surface area contributed by atoms with E-state index in [1.807, 2.05) is 12.1 Å². The molecule has 0 saturated carbocycles. The largest absolute Gasteiger partial charge is 0.484 e. The number of esters is 1. The van der Waals surface area contributed by atoms with E-state index in [2.05, 4.69) is 29.4 Å². The van der Waals surface area contributed by atoms with Gasteiger partial charge in [-0.2, -0.15) is 0 Å². The molecule has 0 heterocycles. The molecule has 1 aromatic rings. The van der Waals surface area contributed by atoms with Gasteiger partial charge in [0.15, 0.2) is 6.61 Å². The van der Waals surface area contributed by atoms with Crippen LogP contribution in [0.25, 0.3) is 0 Å². The highest BCUT2D eigenvalue weighted by Crippen LogP contribution is 2.18. The minimum absolute atomic E-state index is 0.250. The summed E-state index contributed by atoms with van der Waals surface area (Å²) in [6.07, 6.45) is -0.464. The van der Waals surface area contributed by atoms with E-state index in [1.165, 1.54) is 12.7 Å². The number of carbonyl (C=O) groups is 3. The van der Waals surface area contributed by atoms with Crippen LogP contribution in [0.5, 0.6) is 5.75 Å². The predicted molar refractivity (Wildman–Crippen MR) is 78.9 cm³/mol. The van der Waals surface area contributed by atoms with Gasteiger partial charge in [-0.05, 0) is 23.6 Å². The second kappa shape index (κ2) is 8.66. The van der Waals surface area contributed by atoms with Crippen LogP contribution in [0.15, 0.2) is 24.3 Å². The third-order valence-corrected chi connectivity index (χ3v) is 2.79. The number of benzene rings is 1. The molecule has 0 radical (unpaired) electrons. The number of nitrogens with one attached hydrogen (secondary N) is 2. The van der Waals surface area contributed by atoms with Gasteiger partial charge >= 0.3 is 5.97 Å². The van der Waals surface area contributed by atoms with Crippen LogP contribution < -0.4 is 15.6 Å². The smallest absolute Gasteiger partial charge is 0.315 e. The molecule has 22 heavy (non-hydrogen) atoms. The fraction of sp³-hybridized carbons (Fsp3) is 0.400. The first-order chi connectivity index (χ1) is 10.4. The van der Waals surface area contributed by atoms with Gasteiger partial charge in [-0.3, -0.25) is 25.2 Å². The number of amides is 2. The molecule has 1 rings (SSSR count). The van der Waals surface area contributed by atoms with Crippen molar-refractivity contribution in [1.29, 1.82) is 0 Å². The van der Waals surface area contributed by atoms with Gasteiger partial charge in [-0.1, -0.05) is 26.0 Å². The van der Waals surface area contributed by atoms with E-state index >= 15 is 0 Å². The van der Waals surface area contributed by atoms with Gasteiger partial charge in [0.1, 0.15) is 12.2 Å². The molecule has 0 bridgehead atoms. The van der Waals surface area contributed by atoms with Crippen LogP contribution in [-0.4, -0.2) is 31.5 Å². The Hall–Kier alpha value is -2.57. The van der Waals surface area contributed by atoms with Gasteiger partial charge in [0.05, 0.1) is 7.11 Å². The monoisotopic (exact) mass is 308 g/mol. The Bertz CT molecular complexity index is 525. The van der Waals surface area contributed by atoms with Crippen molar-refractivity contribution in [3.05, 3.63) is 29.8 Å². The predicted octanol–water partition coefficient (Wildman–Crippen LogP) is 0.899. The molecule has 0 fully saturated rings. The lowest BCUT2D eigenvalue weighted by molar-refractivity contribution is -0.144. The molecular formula is C15H20N2O5. The van der Waals surface area contributed by atoms with Crippen LogP contribution in [0.4, 0.5) is 0 Å². The lowest BCUT2D eigenvalue weighted by Crippen LogP contribution is -2.44. The molecule has 0 atom stereocenters. The summed E-state index contributed by atoms with van der Waals surface area (Å²) in [4.78, 5) is 33.5. The third-order valence-electron chi connectivity index (χ3n) is 2.79. The van der Waals surface area contributed by atoms with E-state index in [9.17, 15) is 14.4 Å². The van der Waals surface area contributed by atoms with Crippen LogP contribution in [-0.2, 0) is 19.1 Å². The molecule has 2 N–H and O–H groups in total. The van der Waals surface area contributed by atoms with Crippen molar-refractivity contribution in [2.45, 2.75) is 26.2 Å². The topological polar surface area (TPSA) is 93.7 Å². The fourth-order valence-corrected chi connectivity index (χ4v) is 1.52. The van der Waals surface area contributed by atoms with Gasteiger partial charge in [0, 0.05) is 0 Å². The number of methoxy groups -OCH3 is 1. The molecule has 0 aliphatic rings. The number of hydrogen-bond donors (Lipinski definition) is 2. The molecular weight excluding hydrogens is 288 g/mol. The Morgan fingerprint density at radius 3 is 2.18 bits per heavy atom. The van der Waals surface area contributed by atoms with Crippen molar-refractivity contribution in [2.24, 2.45) is 0 Å². The summed E-state index contributed by atoms with van der Waals surface area (Å²) in [5.74, 6) is -0.913. The van der Waals surface area contributed by atoms with Crippen molar-refractivity contribution >= 4 is 17.8 Å². The van der Waals surface area contributed by atoms with E-state index in [0.29, 0.717) is 11.7 Å². The zero-order valence-corrected chi connectivity index (χ0v) is 12.8. The zero-order chi connectivity index (χ0) is 16.5. The molecule has 0 aliphatic heterocycles. The van der Waals surface area contributed by atoms with Crippen molar-refractivity contribution in [3.63, 3.8) is 0 Å². The van der Waals surface area contributed by atoms with Crippen molar-refractivity contribution in [2.75, 3.05) is 13.7 Å². The minimum atomic E-state index is -0.687. The van der Waals surface area contributed by atoms with Gasteiger partial charge < -0.3 is 9.47 Å². The first kappa shape index (κ1) is 17.5. The Kier molecular flexibility index (Phi) is 6.88. The molecule has 2 amide bonds. The summed E-state index contributed by atoms with van der Waals surface area (Å²) < 4.78 is 9.60. The molecule has 0 aliphatic carbocycles. The Morgan fingerprint density at radius 1 is 1.05 bits per heavy atom. The Balaban J connectivity index is 2.31. The zero-order valence-electron chi connectivity index (χ0n) is 12.8. The number of rotatable bonds is 6. The lowest BCUT2D eigenvalue weighted by atomic mass is 10.0. The van der Waals surface area contributed by atoms with Gasteiger partial charge in [0.25, 0.3) is 5.91 Å². The standard InChI is InChI=1S/C15H20N2O5/c1-10(2)11-4-6-12(7-5-11)22-9-14(19)17-16-13(18)8-15(20)21-3/h4-7,10H,8-9H2,1-3H3,(H,16,18)(H,17,19). The highest BCUT2D eigenvalue weighted by molar-refractivity contribution is 5.95. The summed E-state index contributed by atoms with van der Waals surface area (Å²) in [5.41, 5.74) is 5.40. The number of ether oxygens (including phenoxy) is 2. The van der Waals surface area contributed by atoms with E-state index < -0.39 is 24.2 Å². The van der Waals surface area contributed by atoms with Crippen LogP contribution in [0.2, 0.25) is 0 Å². The third kappa shape index (κ3) is 6.25. The summed E-state index contributed by atoms with van der Waals surface area (Å²) in [5, 5.41) is 0. The van der Waals surface area contributed by atoms with E-state index in [-0.39, 0.29) is 6.61 Å². The second-order valence-corrected chi connectivity index (χ2v) is 4.86. The van der Waals surface area contributed by atoms with E-state index in [1.54, 1.807) is 12.1 Å². The summed E-state index contributed by atoms with van der Waals surface area (Å²) >= 11 is 0. The van der Waals surface area contributed by atoms with Gasteiger partial charge in [-0.25, -0.2) is 0 Å². The first-order valence-electron chi connectivity index (χ1n) is 6.79. The van der Waals surface area contributed by atoms with Crippen molar-refractivity contribution in [1.82, 2.24) is 10.9 Å². The normalized spacial score (nSPS) is 10.0. The van der Waals surface area contributed by atoms with Crippen LogP contribution in [0.3, 0.4) is 0 Å². The SMILES string of the molecule is COC(=O)CC(=O)NNC(=O)COc1ccc(C(C)C)cc1. The average molecular weight is 308 g/mol. The van der Waals surface area contributed by atoms with Gasteiger partial charge in [-0.15, -0.1) is 0 Å². The first-order valence-corrected chi connectivity index (χ1v) is 6.79. The van der Waals surface area contributed by atoms with Crippen LogP contribution in [0, 0.1) is 0 Å². The van der Waals surface area contributed by atoms with Crippen LogP contribution in [0.1, 0.15) is 31.7 Å². The van der Waals surface area contributed by atoms with E-state index in [0.717, 1.165) is 0 Å². The Morgan fingerprint density at radius 2 is 1.64 bits per heavy atom. The highest BCUT2D eigenvalue weighted by Gasteiger charge is 2.10. The lowest BCUT2D eigenvalue weighted by Gasteiger charge is -2.10. The molecule has 0 unspecified atom stereocenters. The number of carbonyl (C=O) groups excluding carboxylic acids is 3. The van der Waals surface area contributed by atoms with Crippen molar-refractivity contribution in [3.8, 4) is 5.75 Å². The van der Waals surface area contributed by atoms with Crippen LogP contribution >= 0.6 is 0 Å². The molecule has 0 aromatic heterocycles. The fourth-order valence-electron chi connectivity index (χ4n) is 1.52. The van der Waals surface area contributed by atoms with Gasteiger partial charge in [0.2, 0.25) is 5.91 Å². The molecule has 0 saturated heterocycles. The Labute approximate surface area is 128 Å². The summed E-state index contributed by atoms with van der Waals surface area (Å²) in [6.45, 7) is 3.92. The maximum atomic E-state index is 11.5. The molecule has 1 aromatic carbocycles. The quantitative estimate of drug-likeness (QED) is 0.462. The van der Waals surface area contributed by atoms with E-state index in [4.69, 9.17) is 4.74 Å². The minimum Gasteiger partial charge on any atom is -0.484 e. The maximum Gasteiger partial charge on any atom is 0.315 e. The molecule has 7 heteroatoms. The number of hydrazine groups is 1. The summed E-state index contributed by atoms with van der Waals surface area (Å²) in [7, 11) is 1.17. The number of hydrogen-bond acceptors (Lipinski definition) is 5. The highest BCUT2D eigenvalue weighted by atomic mass is 16.5. The molecule has 0 spiro atoms. The second-order valence-electron chi connectivity index (χ2n) is 4.86. The van der Waals surface area contributed by atoms with Crippen molar-refractivity contribution < 1.29 is 23.9 Å². The molecule has 7 nitrogen and oxygen atoms in total. The summed E-state index contributed by atoms with van der Waals surface area (Å²) in [6, 6.07) is 7.41. The molecule has 120 valence electrons. The maximum absolute atomic E-state index is 11.5. The average Bonchev–Trinajstić information content (AvgIpc) is 2.51.